The van der Waals surface area contributed by atoms with Crippen molar-refractivity contribution in [3.63, 3.8) is 0 Å². The third kappa shape index (κ3) is 4.25. The van der Waals surface area contributed by atoms with Crippen molar-refractivity contribution < 1.29 is 19.1 Å². The highest BCUT2D eigenvalue weighted by Crippen LogP contribution is 2.39. The Kier molecular flexibility index (Phi) is 5.55. The topological polar surface area (TPSA) is 121 Å². The summed E-state index contributed by atoms with van der Waals surface area (Å²) in [6, 6.07) is 9.70. The van der Waals surface area contributed by atoms with Crippen molar-refractivity contribution in [2.24, 2.45) is 7.05 Å². The number of amides is 2. The van der Waals surface area contributed by atoms with Gasteiger partial charge in [-0.3, -0.25) is 9.48 Å². The number of carboxylic acid groups (broad SMARTS) is 1. The van der Waals surface area contributed by atoms with E-state index in [2.05, 4.69) is 15.2 Å². The summed E-state index contributed by atoms with van der Waals surface area (Å²) in [6.07, 6.45) is 0.684. The zero-order chi connectivity index (χ0) is 24.7. The summed E-state index contributed by atoms with van der Waals surface area (Å²) in [5.41, 5.74) is 3.24. The van der Waals surface area contributed by atoms with Gasteiger partial charge in [0.15, 0.2) is 11.5 Å². The number of fused-ring (bicyclic) bond motifs is 1. The predicted octanol–water partition coefficient (Wildman–Crippen LogP) is 2.69. The minimum atomic E-state index is -0.941. The fourth-order valence-electron chi connectivity index (χ4n) is 4.29. The zero-order valence-electron chi connectivity index (χ0n) is 19.1. The number of imidazole rings is 1. The van der Waals surface area contributed by atoms with Crippen molar-refractivity contribution in [3.8, 4) is 22.5 Å². The standard InChI is InChI=1S/C23H23FN8O3/c1-14(33)25-18-13-32-19(26-18)8-7-17(27-32)20-21(15-3-5-16(24)6-4-15)28-29(2)22(20)30-9-11-31(12-10-30)23(34)35/h3-8,13H,9-12H2,1-2H3,(H,25,33)(H,34,35). The normalized spacial score (nSPS) is 13.9. The van der Waals surface area contributed by atoms with Crippen LogP contribution < -0.4 is 10.2 Å². The van der Waals surface area contributed by atoms with Gasteiger partial charge in [0.2, 0.25) is 5.91 Å². The van der Waals surface area contributed by atoms with Gasteiger partial charge in [0.05, 0.1) is 17.5 Å². The van der Waals surface area contributed by atoms with Crippen molar-refractivity contribution in [2.45, 2.75) is 6.92 Å². The van der Waals surface area contributed by atoms with E-state index in [1.165, 1.54) is 24.0 Å². The highest BCUT2D eigenvalue weighted by atomic mass is 19.1. The number of carbonyl (C=O) groups is 2. The first-order chi connectivity index (χ1) is 16.8. The number of nitrogens with zero attached hydrogens (tertiary/aromatic N) is 7. The third-order valence-electron chi connectivity index (χ3n) is 5.86. The molecule has 35 heavy (non-hydrogen) atoms. The molecule has 0 spiro atoms. The lowest BCUT2D eigenvalue weighted by atomic mass is 10.0. The van der Waals surface area contributed by atoms with Crippen molar-refractivity contribution in [1.29, 1.82) is 0 Å². The molecule has 0 radical (unpaired) electrons. The second kappa shape index (κ2) is 8.70. The molecule has 1 aromatic carbocycles. The SMILES string of the molecule is CC(=O)Nc1cn2nc(-c3c(-c4ccc(F)cc4)nn(C)c3N3CCN(C(=O)O)CC3)ccc2n1. The molecule has 4 heterocycles. The zero-order valence-corrected chi connectivity index (χ0v) is 19.1. The van der Waals surface area contributed by atoms with Gasteiger partial charge in [-0.15, -0.1) is 0 Å². The number of aryl methyl sites for hydroxylation is 1. The number of nitrogens with one attached hydrogen (secondary N) is 1. The first-order valence-corrected chi connectivity index (χ1v) is 11.0. The molecule has 4 aromatic rings. The van der Waals surface area contributed by atoms with Gasteiger partial charge < -0.3 is 20.2 Å². The molecular formula is C23H23FN8O3. The lowest BCUT2D eigenvalue weighted by Crippen LogP contribution is -2.49. The van der Waals surface area contributed by atoms with Gasteiger partial charge in [-0.25, -0.2) is 18.7 Å². The number of aromatic nitrogens is 5. The van der Waals surface area contributed by atoms with Gasteiger partial charge in [-0.2, -0.15) is 10.2 Å². The lowest BCUT2D eigenvalue weighted by Gasteiger charge is -2.34. The summed E-state index contributed by atoms with van der Waals surface area (Å²) in [6.45, 7) is 3.10. The molecule has 1 saturated heterocycles. The Morgan fingerprint density at radius 1 is 1.03 bits per heavy atom. The average molecular weight is 478 g/mol. The Hall–Kier alpha value is -4.48. The summed E-state index contributed by atoms with van der Waals surface area (Å²) >= 11 is 0. The Labute approximate surface area is 199 Å². The maximum atomic E-state index is 13.6. The molecule has 0 aliphatic carbocycles. The van der Waals surface area contributed by atoms with E-state index in [1.54, 1.807) is 33.6 Å². The molecule has 0 atom stereocenters. The predicted molar refractivity (Wildman–Crippen MR) is 127 cm³/mol. The van der Waals surface area contributed by atoms with Crippen LogP contribution in [-0.4, -0.2) is 72.6 Å². The van der Waals surface area contributed by atoms with Crippen LogP contribution in [0.2, 0.25) is 0 Å². The maximum Gasteiger partial charge on any atom is 0.407 e. The molecule has 2 N–H and O–H groups in total. The van der Waals surface area contributed by atoms with Crippen LogP contribution in [0.3, 0.4) is 0 Å². The first-order valence-electron chi connectivity index (χ1n) is 11.0. The van der Waals surface area contributed by atoms with Crippen LogP contribution >= 0.6 is 0 Å². The molecule has 180 valence electrons. The second-order valence-electron chi connectivity index (χ2n) is 8.26. The fourth-order valence-corrected chi connectivity index (χ4v) is 4.29. The van der Waals surface area contributed by atoms with Crippen LogP contribution in [0.5, 0.6) is 0 Å². The Bertz CT molecular complexity index is 1420. The maximum absolute atomic E-state index is 13.6. The molecule has 11 nitrogen and oxygen atoms in total. The number of halogens is 1. The lowest BCUT2D eigenvalue weighted by molar-refractivity contribution is -0.114. The van der Waals surface area contributed by atoms with Crippen LogP contribution in [0.1, 0.15) is 6.92 Å². The largest absolute Gasteiger partial charge is 0.465 e. The quantitative estimate of drug-likeness (QED) is 0.463. The van der Waals surface area contributed by atoms with E-state index in [0.29, 0.717) is 49.0 Å². The van der Waals surface area contributed by atoms with E-state index in [4.69, 9.17) is 10.2 Å². The van der Waals surface area contributed by atoms with Crippen LogP contribution in [0.25, 0.3) is 28.2 Å². The van der Waals surface area contributed by atoms with Crippen molar-refractivity contribution >= 4 is 29.3 Å². The van der Waals surface area contributed by atoms with Crippen molar-refractivity contribution in [2.75, 3.05) is 36.4 Å². The number of carbonyl (C=O) groups excluding carboxylic acids is 1. The van der Waals surface area contributed by atoms with Crippen LogP contribution in [0.4, 0.5) is 20.8 Å². The van der Waals surface area contributed by atoms with Crippen LogP contribution in [0, 0.1) is 5.82 Å². The Balaban J connectivity index is 1.63. The highest BCUT2D eigenvalue weighted by Gasteiger charge is 2.28. The minimum Gasteiger partial charge on any atom is -0.465 e. The van der Waals surface area contributed by atoms with Crippen LogP contribution in [-0.2, 0) is 11.8 Å². The molecule has 0 unspecified atom stereocenters. The van der Waals surface area contributed by atoms with E-state index < -0.39 is 6.09 Å². The first kappa shape index (κ1) is 22.3. The number of hydrogen-bond donors (Lipinski definition) is 2. The summed E-state index contributed by atoms with van der Waals surface area (Å²) in [4.78, 5) is 30.6. The molecule has 1 aliphatic heterocycles. The van der Waals surface area contributed by atoms with E-state index in [9.17, 15) is 19.1 Å². The summed E-state index contributed by atoms with van der Waals surface area (Å²) < 4.78 is 17.0. The van der Waals surface area contributed by atoms with Crippen molar-refractivity contribution in [3.05, 3.63) is 48.4 Å². The summed E-state index contributed by atoms with van der Waals surface area (Å²) in [5.74, 6) is 0.586. The molecule has 5 rings (SSSR count). The number of rotatable bonds is 4. The molecule has 12 heteroatoms. The summed E-state index contributed by atoms with van der Waals surface area (Å²) in [7, 11) is 1.82. The number of benzene rings is 1. The van der Waals surface area contributed by atoms with Gasteiger partial charge >= 0.3 is 6.09 Å². The Morgan fingerprint density at radius 2 is 1.74 bits per heavy atom. The van der Waals surface area contributed by atoms with E-state index >= 15 is 0 Å². The molecular weight excluding hydrogens is 455 g/mol. The smallest absolute Gasteiger partial charge is 0.407 e. The average Bonchev–Trinajstić information content (AvgIpc) is 3.38. The Morgan fingerprint density at radius 3 is 2.40 bits per heavy atom. The molecule has 3 aromatic heterocycles. The van der Waals surface area contributed by atoms with Gasteiger partial charge in [-0.05, 0) is 36.4 Å². The van der Waals surface area contributed by atoms with E-state index in [-0.39, 0.29) is 11.7 Å². The van der Waals surface area contributed by atoms with Crippen molar-refractivity contribution in [1.82, 2.24) is 29.3 Å². The fraction of sp³-hybridized carbons (Fsp3) is 0.261. The molecule has 2 amide bonds. The highest BCUT2D eigenvalue weighted by molar-refractivity contribution is 5.89. The van der Waals surface area contributed by atoms with Gasteiger partial charge in [-0.1, -0.05) is 0 Å². The molecule has 0 saturated carbocycles. The number of anilines is 2. The molecule has 1 fully saturated rings. The van der Waals surface area contributed by atoms with Gasteiger partial charge in [0, 0.05) is 45.7 Å². The van der Waals surface area contributed by atoms with E-state index in [1.807, 2.05) is 13.1 Å². The molecule has 1 aliphatic rings. The van der Waals surface area contributed by atoms with Crippen LogP contribution in [0.15, 0.2) is 42.6 Å². The van der Waals surface area contributed by atoms with Gasteiger partial charge in [0.1, 0.15) is 17.3 Å². The number of hydrogen-bond acceptors (Lipinski definition) is 6. The minimum absolute atomic E-state index is 0.234. The summed E-state index contributed by atoms with van der Waals surface area (Å²) in [5, 5.41) is 21.5. The van der Waals surface area contributed by atoms with Gasteiger partial charge in [0.25, 0.3) is 0 Å². The monoisotopic (exact) mass is 478 g/mol. The number of piperazine rings is 1. The van der Waals surface area contributed by atoms with E-state index in [0.717, 1.165) is 16.9 Å². The second-order valence-corrected chi connectivity index (χ2v) is 8.26. The molecule has 0 bridgehead atoms. The third-order valence-corrected chi connectivity index (χ3v) is 5.86.